The Balaban J connectivity index is 1.90. The molecule has 0 aliphatic carbocycles. The number of carbonyl (C=O) groups is 2. The minimum Gasteiger partial charge on any atom is -0.480 e. The zero-order valence-electron chi connectivity index (χ0n) is 12.1. The molecule has 6 nitrogen and oxygen atoms in total. The van der Waals surface area contributed by atoms with E-state index in [1.807, 2.05) is 6.07 Å². The molecule has 1 N–H and O–H groups in total. The number of aliphatic carboxylic acids is 1. The first-order chi connectivity index (χ1) is 11.1. The smallest absolute Gasteiger partial charge is 0.326 e. The minimum atomic E-state index is -0.986. The highest BCUT2D eigenvalue weighted by molar-refractivity contribution is 6.30. The first-order valence-electron chi connectivity index (χ1n) is 7.18. The predicted molar refractivity (Wildman–Crippen MR) is 84.2 cm³/mol. The number of carbonyl (C=O) groups excluding carboxylic acids is 1. The van der Waals surface area contributed by atoms with Crippen LogP contribution in [0.4, 0.5) is 0 Å². The molecule has 0 unspecified atom stereocenters. The molecule has 118 valence electrons. The van der Waals surface area contributed by atoms with E-state index in [0.29, 0.717) is 30.1 Å². The average Bonchev–Trinajstić information content (AvgIpc) is 3.04. The van der Waals surface area contributed by atoms with E-state index >= 15 is 0 Å². The fraction of sp³-hybridized carbons (Fsp3) is 0.250. The molecule has 23 heavy (non-hydrogen) atoms. The third-order valence-electron chi connectivity index (χ3n) is 3.81. The van der Waals surface area contributed by atoms with Gasteiger partial charge in [0, 0.05) is 17.1 Å². The number of rotatable bonds is 3. The fourth-order valence-electron chi connectivity index (χ4n) is 2.69. The van der Waals surface area contributed by atoms with Gasteiger partial charge < -0.3 is 10.0 Å². The molecule has 1 aromatic heterocycles. The Hall–Kier alpha value is -2.47. The lowest BCUT2D eigenvalue weighted by atomic mass is 10.1. The summed E-state index contributed by atoms with van der Waals surface area (Å²) >= 11 is 5.97. The van der Waals surface area contributed by atoms with E-state index < -0.39 is 12.0 Å². The SMILES string of the molecule is O=C(O)[C@H]1CCCN1C(=O)c1cc(-c2cccc(Cl)c2)ncn1. The van der Waals surface area contributed by atoms with Crippen LogP contribution in [0, 0.1) is 0 Å². The Labute approximate surface area is 137 Å². The zero-order chi connectivity index (χ0) is 16.4. The van der Waals surface area contributed by atoms with Crippen LogP contribution < -0.4 is 0 Å². The monoisotopic (exact) mass is 331 g/mol. The van der Waals surface area contributed by atoms with Gasteiger partial charge in [-0.05, 0) is 31.0 Å². The quantitative estimate of drug-likeness (QED) is 0.934. The summed E-state index contributed by atoms with van der Waals surface area (Å²) in [7, 11) is 0. The van der Waals surface area contributed by atoms with Crippen LogP contribution in [0.25, 0.3) is 11.3 Å². The number of benzene rings is 1. The first kappa shape index (κ1) is 15.4. The summed E-state index contributed by atoms with van der Waals surface area (Å²) in [6.45, 7) is 0.423. The Morgan fingerprint density at radius 3 is 2.83 bits per heavy atom. The van der Waals surface area contributed by atoms with Crippen LogP contribution in [0.2, 0.25) is 5.02 Å². The van der Waals surface area contributed by atoms with Crippen LogP contribution >= 0.6 is 11.6 Å². The summed E-state index contributed by atoms with van der Waals surface area (Å²) in [6.07, 6.45) is 2.44. The molecule has 0 bridgehead atoms. The van der Waals surface area contributed by atoms with E-state index in [1.165, 1.54) is 11.2 Å². The maximum Gasteiger partial charge on any atom is 0.326 e. The number of amides is 1. The van der Waals surface area contributed by atoms with Crippen LogP contribution in [0.1, 0.15) is 23.3 Å². The van der Waals surface area contributed by atoms with Gasteiger partial charge >= 0.3 is 5.97 Å². The number of likely N-dealkylation sites (tertiary alicyclic amines) is 1. The second kappa shape index (κ2) is 6.34. The molecule has 1 fully saturated rings. The van der Waals surface area contributed by atoms with E-state index in [0.717, 1.165) is 5.56 Å². The fourth-order valence-corrected chi connectivity index (χ4v) is 2.88. The van der Waals surface area contributed by atoms with Crippen LogP contribution in [0.3, 0.4) is 0 Å². The van der Waals surface area contributed by atoms with Crippen molar-refractivity contribution in [1.29, 1.82) is 0 Å². The molecule has 2 heterocycles. The molecule has 7 heteroatoms. The van der Waals surface area contributed by atoms with Crippen molar-refractivity contribution in [3.63, 3.8) is 0 Å². The molecule has 1 aliphatic rings. The number of nitrogens with zero attached hydrogens (tertiary/aromatic N) is 3. The third kappa shape index (κ3) is 3.17. The van der Waals surface area contributed by atoms with E-state index in [4.69, 9.17) is 11.6 Å². The van der Waals surface area contributed by atoms with Crippen molar-refractivity contribution >= 4 is 23.5 Å². The number of aromatic nitrogens is 2. The molecule has 1 amide bonds. The molecular formula is C16H14ClN3O3. The molecule has 1 atom stereocenters. The summed E-state index contributed by atoms with van der Waals surface area (Å²) < 4.78 is 0. The van der Waals surface area contributed by atoms with Crippen molar-refractivity contribution in [2.45, 2.75) is 18.9 Å². The number of halogens is 1. The van der Waals surface area contributed by atoms with Crippen molar-refractivity contribution in [3.05, 3.63) is 47.4 Å². The van der Waals surface area contributed by atoms with Gasteiger partial charge in [-0.15, -0.1) is 0 Å². The maximum absolute atomic E-state index is 12.6. The largest absolute Gasteiger partial charge is 0.480 e. The predicted octanol–water partition coefficient (Wildman–Crippen LogP) is 2.49. The maximum atomic E-state index is 12.6. The summed E-state index contributed by atoms with van der Waals surface area (Å²) in [6, 6.07) is 7.90. The van der Waals surface area contributed by atoms with Gasteiger partial charge in [-0.3, -0.25) is 4.79 Å². The number of carboxylic acids is 1. The second-order valence-electron chi connectivity index (χ2n) is 5.29. The molecule has 3 rings (SSSR count). The third-order valence-corrected chi connectivity index (χ3v) is 4.04. The highest BCUT2D eigenvalue weighted by atomic mass is 35.5. The highest BCUT2D eigenvalue weighted by Gasteiger charge is 2.35. The molecule has 0 saturated carbocycles. The second-order valence-corrected chi connectivity index (χ2v) is 5.73. The van der Waals surface area contributed by atoms with Crippen molar-refractivity contribution < 1.29 is 14.7 Å². The van der Waals surface area contributed by atoms with Gasteiger partial charge in [0.05, 0.1) is 5.69 Å². The minimum absolute atomic E-state index is 0.183. The molecule has 0 radical (unpaired) electrons. The average molecular weight is 332 g/mol. The summed E-state index contributed by atoms with van der Waals surface area (Å²) in [5, 5.41) is 9.77. The highest BCUT2D eigenvalue weighted by Crippen LogP contribution is 2.23. The van der Waals surface area contributed by atoms with Gasteiger partial charge in [0.1, 0.15) is 18.1 Å². The summed E-state index contributed by atoms with van der Waals surface area (Å²) in [4.78, 5) is 33.3. The van der Waals surface area contributed by atoms with Crippen molar-refractivity contribution in [1.82, 2.24) is 14.9 Å². The van der Waals surface area contributed by atoms with Crippen molar-refractivity contribution in [2.75, 3.05) is 6.54 Å². The Morgan fingerprint density at radius 2 is 2.09 bits per heavy atom. The molecule has 1 saturated heterocycles. The van der Waals surface area contributed by atoms with E-state index in [-0.39, 0.29) is 11.6 Å². The Kier molecular flexibility index (Phi) is 4.25. The molecule has 0 spiro atoms. The van der Waals surface area contributed by atoms with E-state index in [1.54, 1.807) is 24.3 Å². The topological polar surface area (TPSA) is 83.4 Å². The van der Waals surface area contributed by atoms with Gasteiger partial charge in [0.2, 0.25) is 0 Å². The van der Waals surface area contributed by atoms with Gasteiger partial charge in [-0.1, -0.05) is 23.7 Å². The lowest BCUT2D eigenvalue weighted by Gasteiger charge is -2.20. The van der Waals surface area contributed by atoms with Crippen LogP contribution in [0.5, 0.6) is 0 Å². The number of hydrogen-bond donors (Lipinski definition) is 1. The molecule has 1 aliphatic heterocycles. The summed E-state index contributed by atoms with van der Waals surface area (Å²) in [5.41, 5.74) is 1.52. The standard InChI is InChI=1S/C16H14ClN3O3/c17-11-4-1-3-10(7-11)12-8-13(19-9-18-12)15(21)20-6-2-5-14(20)16(22)23/h1,3-4,7-9,14H,2,5-6H2,(H,22,23)/t14-/m1/s1. The van der Waals surface area contributed by atoms with Gasteiger partial charge in [0.25, 0.3) is 5.91 Å². The normalized spacial score (nSPS) is 17.3. The first-order valence-corrected chi connectivity index (χ1v) is 7.56. The number of hydrogen-bond acceptors (Lipinski definition) is 4. The zero-order valence-corrected chi connectivity index (χ0v) is 12.9. The van der Waals surface area contributed by atoms with E-state index in [9.17, 15) is 14.7 Å². The molecule has 2 aromatic rings. The lowest BCUT2D eigenvalue weighted by Crippen LogP contribution is -2.40. The van der Waals surface area contributed by atoms with E-state index in [2.05, 4.69) is 9.97 Å². The van der Waals surface area contributed by atoms with Crippen LogP contribution in [0.15, 0.2) is 36.7 Å². The molecular weight excluding hydrogens is 318 g/mol. The van der Waals surface area contributed by atoms with Gasteiger partial charge in [0.15, 0.2) is 0 Å². The van der Waals surface area contributed by atoms with Crippen molar-refractivity contribution in [3.8, 4) is 11.3 Å². The Morgan fingerprint density at radius 1 is 1.26 bits per heavy atom. The van der Waals surface area contributed by atoms with Gasteiger partial charge in [-0.2, -0.15) is 0 Å². The summed E-state index contributed by atoms with van der Waals surface area (Å²) in [5.74, 6) is -1.37. The van der Waals surface area contributed by atoms with Crippen LogP contribution in [-0.4, -0.2) is 44.4 Å². The van der Waals surface area contributed by atoms with Crippen molar-refractivity contribution in [2.24, 2.45) is 0 Å². The molecule has 1 aromatic carbocycles. The lowest BCUT2D eigenvalue weighted by molar-refractivity contribution is -0.141. The van der Waals surface area contributed by atoms with Gasteiger partial charge in [-0.25, -0.2) is 14.8 Å². The number of carboxylic acid groups (broad SMARTS) is 1. The van der Waals surface area contributed by atoms with Crippen LogP contribution in [-0.2, 0) is 4.79 Å². The Bertz CT molecular complexity index is 766.